The molecule has 7 nitrogen and oxygen atoms in total. The fraction of sp³-hybridized carbons (Fsp3) is 0.381. The SMILES string of the molecule is Cc1c(C(=O)NC(CN)c2ccc3ccccc3c2)nnn1C1CCNCC1. The van der Waals surface area contributed by atoms with Crippen LogP contribution in [0.3, 0.4) is 0 Å². The van der Waals surface area contributed by atoms with Crippen molar-refractivity contribution in [1.29, 1.82) is 0 Å². The molecule has 1 fully saturated rings. The summed E-state index contributed by atoms with van der Waals surface area (Å²) >= 11 is 0. The number of benzene rings is 2. The van der Waals surface area contributed by atoms with E-state index in [0.29, 0.717) is 18.3 Å². The van der Waals surface area contributed by atoms with E-state index in [-0.39, 0.29) is 11.9 Å². The molecule has 1 aliphatic rings. The van der Waals surface area contributed by atoms with Gasteiger partial charge < -0.3 is 16.4 Å². The Morgan fingerprint density at radius 1 is 1.25 bits per heavy atom. The predicted octanol–water partition coefficient (Wildman–Crippen LogP) is 2.09. The number of nitrogens with zero attached hydrogens (tertiary/aromatic N) is 3. The zero-order chi connectivity index (χ0) is 19.5. The lowest BCUT2D eigenvalue weighted by atomic mass is 10.0. The van der Waals surface area contributed by atoms with Crippen molar-refractivity contribution in [2.75, 3.05) is 19.6 Å². The number of aromatic nitrogens is 3. The molecule has 146 valence electrons. The zero-order valence-corrected chi connectivity index (χ0v) is 16.1. The van der Waals surface area contributed by atoms with Crippen LogP contribution in [0.5, 0.6) is 0 Å². The molecule has 0 saturated carbocycles. The van der Waals surface area contributed by atoms with Gasteiger partial charge in [-0.25, -0.2) is 4.68 Å². The van der Waals surface area contributed by atoms with Crippen molar-refractivity contribution in [2.45, 2.75) is 31.8 Å². The Balaban J connectivity index is 1.53. The molecule has 4 N–H and O–H groups in total. The Bertz CT molecular complexity index is 976. The Morgan fingerprint density at radius 3 is 2.75 bits per heavy atom. The van der Waals surface area contributed by atoms with Gasteiger partial charge in [0.1, 0.15) is 0 Å². The van der Waals surface area contributed by atoms with Gasteiger partial charge in [-0.15, -0.1) is 5.10 Å². The first-order chi connectivity index (χ1) is 13.7. The highest BCUT2D eigenvalue weighted by Crippen LogP contribution is 2.22. The van der Waals surface area contributed by atoms with Crippen LogP contribution in [0.25, 0.3) is 10.8 Å². The van der Waals surface area contributed by atoms with Gasteiger partial charge in [-0.2, -0.15) is 0 Å². The van der Waals surface area contributed by atoms with Gasteiger partial charge in [-0.1, -0.05) is 41.6 Å². The average Bonchev–Trinajstić information content (AvgIpc) is 3.13. The number of nitrogens with one attached hydrogen (secondary N) is 2. The average molecular weight is 378 g/mol. The van der Waals surface area contributed by atoms with Crippen LogP contribution in [0.2, 0.25) is 0 Å². The molecule has 1 aromatic heterocycles. The first-order valence-corrected chi connectivity index (χ1v) is 9.79. The summed E-state index contributed by atoms with van der Waals surface area (Å²) in [5, 5.41) is 17.1. The summed E-state index contributed by atoms with van der Waals surface area (Å²) in [6.07, 6.45) is 1.99. The van der Waals surface area contributed by atoms with Crippen molar-refractivity contribution in [3.05, 3.63) is 59.4 Å². The smallest absolute Gasteiger partial charge is 0.274 e. The fourth-order valence-corrected chi connectivity index (χ4v) is 3.88. The molecule has 2 aromatic carbocycles. The van der Waals surface area contributed by atoms with Crippen LogP contribution < -0.4 is 16.4 Å². The second-order valence-corrected chi connectivity index (χ2v) is 7.32. The molecule has 28 heavy (non-hydrogen) atoms. The van der Waals surface area contributed by atoms with Crippen molar-refractivity contribution in [3.8, 4) is 0 Å². The number of carbonyl (C=O) groups excluding carboxylic acids is 1. The zero-order valence-electron chi connectivity index (χ0n) is 16.1. The predicted molar refractivity (Wildman–Crippen MR) is 109 cm³/mol. The highest BCUT2D eigenvalue weighted by Gasteiger charge is 2.24. The molecular formula is C21H26N6O. The van der Waals surface area contributed by atoms with Gasteiger partial charge in [0.2, 0.25) is 0 Å². The third-order valence-corrected chi connectivity index (χ3v) is 5.51. The topological polar surface area (TPSA) is 97.9 Å². The Labute approximate surface area is 164 Å². The highest BCUT2D eigenvalue weighted by atomic mass is 16.2. The van der Waals surface area contributed by atoms with Gasteiger partial charge in [0.15, 0.2) is 5.69 Å². The van der Waals surface area contributed by atoms with Crippen LogP contribution in [-0.2, 0) is 0 Å². The van der Waals surface area contributed by atoms with Crippen LogP contribution in [0, 0.1) is 6.92 Å². The first kappa shape index (κ1) is 18.6. The Kier molecular flexibility index (Phi) is 5.36. The number of amides is 1. The first-order valence-electron chi connectivity index (χ1n) is 9.79. The van der Waals surface area contributed by atoms with Gasteiger partial charge in [-0.05, 0) is 55.3 Å². The minimum atomic E-state index is -0.277. The van der Waals surface area contributed by atoms with Crippen LogP contribution in [0.15, 0.2) is 42.5 Å². The van der Waals surface area contributed by atoms with Crippen molar-refractivity contribution >= 4 is 16.7 Å². The van der Waals surface area contributed by atoms with Gasteiger partial charge in [0, 0.05) is 6.54 Å². The maximum atomic E-state index is 12.9. The van der Waals surface area contributed by atoms with E-state index in [2.05, 4.69) is 45.2 Å². The van der Waals surface area contributed by atoms with Crippen molar-refractivity contribution in [1.82, 2.24) is 25.6 Å². The van der Waals surface area contributed by atoms with Crippen molar-refractivity contribution in [3.63, 3.8) is 0 Å². The van der Waals surface area contributed by atoms with Crippen molar-refractivity contribution < 1.29 is 4.79 Å². The third-order valence-electron chi connectivity index (χ3n) is 5.51. The minimum absolute atomic E-state index is 0.235. The molecule has 1 amide bonds. The summed E-state index contributed by atoms with van der Waals surface area (Å²) in [5.74, 6) is -0.235. The fourth-order valence-electron chi connectivity index (χ4n) is 3.88. The molecule has 1 aliphatic heterocycles. The van der Waals surface area contributed by atoms with Gasteiger partial charge in [0.25, 0.3) is 5.91 Å². The molecule has 1 unspecified atom stereocenters. The summed E-state index contributed by atoms with van der Waals surface area (Å²) in [6.45, 7) is 4.14. The third kappa shape index (κ3) is 3.63. The molecule has 1 atom stereocenters. The monoisotopic (exact) mass is 378 g/mol. The second kappa shape index (κ2) is 8.08. The maximum absolute atomic E-state index is 12.9. The number of piperidine rings is 1. The lowest BCUT2D eigenvalue weighted by molar-refractivity contribution is 0.0932. The van der Waals surface area contributed by atoms with Crippen LogP contribution in [-0.4, -0.2) is 40.5 Å². The van der Waals surface area contributed by atoms with Crippen LogP contribution >= 0.6 is 0 Å². The molecule has 0 bridgehead atoms. The summed E-state index contributed by atoms with van der Waals surface area (Å²) in [7, 11) is 0. The summed E-state index contributed by atoms with van der Waals surface area (Å²) in [5.41, 5.74) is 8.13. The van der Waals surface area contributed by atoms with Gasteiger partial charge in [0.05, 0.1) is 17.8 Å². The number of fused-ring (bicyclic) bond motifs is 1. The Morgan fingerprint density at radius 2 is 2.00 bits per heavy atom. The van der Waals surface area contributed by atoms with Gasteiger partial charge in [-0.3, -0.25) is 4.79 Å². The number of carbonyl (C=O) groups is 1. The van der Waals surface area contributed by atoms with E-state index in [1.54, 1.807) is 0 Å². The van der Waals surface area contributed by atoms with E-state index in [4.69, 9.17) is 5.73 Å². The maximum Gasteiger partial charge on any atom is 0.274 e. The van der Waals surface area contributed by atoms with E-state index >= 15 is 0 Å². The van der Waals surface area contributed by atoms with E-state index in [1.165, 1.54) is 0 Å². The molecule has 1 saturated heterocycles. The normalized spacial score (nSPS) is 16.2. The minimum Gasteiger partial charge on any atom is -0.342 e. The molecule has 0 aliphatic carbocycles. The van der Waals surface area contributed by atoms with Gasteiger partial charge >= 0.3 is 0 Å². The summed E-state index contributed by atoms with van der Waals surface area (Å²) in [4.78, 5) is 12.9. The molecular weight excluding hydrogens is 352 g/mol. The number of rotatable bonds is 5. The largest absolute Gasteiger partial charge is 0.342 e. The second-order valence-electron chi connectivity index (χ2n) is 7.32. The molecule has 0 spiro atoms. The van der Waals surface area contributed by atoms with E-state index in [0.717, 1.165) is 48.0 Å². The molecule has 2 heterocycles. The standard InChI is InChI=1S/C21H26N6O/c1-14-20(25-26-27(14)18-8-10-23-11-9-18)21(28)24-19(13-22)17-7-6-15-4-2-3-5-16(15)12-17/h2-7,12,18-19,23H,8-11,13,22H2,1H3,(H,24,28). The summed E-state index contributed by atoms with van der Waals surface area (Å²) < 4.78 is 1.89. The number of nitrogens with two attached hydrogens (primary N) is 1. The quantitative estimate of drug-likeness (QED) is 0.632. The van der Waals surface area contributed by atoms with Crippen molar-refractivity contribution in [2.24, 2.45) is 5.73 Å². The Hall–Kier alpha value is -2.77. The molecule has 0 radical (unpaired) electrons. The van der Waals surface area contributed by atoms with E-state index in [1.807, 2.05) is 29.8 Å². The van der Waals surface area contributed by atoms with Crippen LogP contribution in [0.1, 0.15) is 46.7 Å². The van der Waals surface area contributed by atoms with E-state index in [9.17, 15) is 4.79 Å². The van der Waals surface area contributed by atoms with Crippen LogP contribution in [0.4, 0.5) is 0 Å². The van der Waals surface area contributed by atoms with E-state index < -0.39 is 0 Å². The number of hydrogen-bond acceptors (Lipinski definition) is 5. The molecule has 7 heteroatoms. The molecule has 4 rings (SSSR count). The number of hydrogen-bond donors (Lipinski definition) is 3. The lowest BCUT2D eigenvalue weighted by Crippen LogP contribution is -2.34. The highest BCUT2D eigenvalue weighted by molar-refractivity contribution is 5.93. The molecule has 3 aromatic rings. The lowest BCUT2D eigenvalue weighted by Gasteiger charge is -2.23. The summed E-state index contributed by atoms with van der Waals surface area (Å²) in [6, 6.07) is 14.3.